The molecule has 0 spiro atoms. The molecule has 1 N–H and O–H groups in total. The second-order valence-corrected chi connectivity index (χ2v) is 5.42. The zero-order valence-corrected chi connectivity index (χ0v) is 13.4. The van der Waals surface area contributed by atoms with Crippen LogP contribution in [0.15, 0.2) is 71.8 Å². The Morgan fingerprint density at radius 3 is 2.67 bits per heavy atom. The van der Waals surface area contributed by atoms with Gasteiger partial charge in [-0.15, -0.1) is 0 Å². The van der Waals surface area contributed by atoms with Crippen LogP contribution in [0.4, 0.5) is 0 Å². The Labute approximate surface area is 140 Å². The van der Waals surface area contributed by atoms with Crippen LogP contribution in [0.5, 0.6) is 5.75 Å². The van der Waals surface area contributed by atoms with Gasteiger partial charge in [-0.3, -0.25) is 4.79 Å². The van der Waals surface area contributed by atoms with E-state index in [4.69, 9.17) is 4.74 Å². The summed E-state index contributed by atoms with van der Waals surface area (Å²) < 4.78 is 5.49. The minimum absolute atomic E-state index is 0.0717. The van der Waals surface area contributed by atoms with E-state index >= 15 is 0 Å². The number of amides is 1. The van der Waals surface area contributed by atoms with Crippen LogP contribution >= 0.6 is 0 Å². The lowest BCUT2D eigenvalue weighted by Crippen LogP contribution is -2.24. The van der Waals surface area contributed by atoms with Gasteiger partial charge in [0.2, 0.25) is 0 Å². The van der Waals surface area contributed by atoms with Gasteiger partial charge in [0.05, 0.1) is 6.21 Å². The first-order valence-electron chi connectivity index (χ1n) is 7.72. The molecule has 0 atom stereocenters. The van der Waals surface area contributed by atoms with Crippen LogP contribution < -0.4 is 10.2 Å². The molecular formula is C20H18N2O2. The molecule has 4 heteroatoms. The maximum absolute atomic E-state index is 11.8. The monoisotopic (exact) mass is 318 g/mol. The lowest BCUT2D eigenvalue weighted by Gasteiger charge is -2.07. The van der Waals surface area contributed by atoms with Gasteiger partial charge in [-0.25, -0.2) is 5.43 Å². The fraction of sp³-hybridized carbons (Fsp3) is 0.100. The van der Waals surface area contributed by atoms with Gasteiger partial charge in [-0.1, -0.05) is 60.7 Å². The molecule has 0 aromatic heterocycles. The van der Waals surface area contributed by atoms with E-state index in [-0.39, 0.29) is 12.5 Å². The van der Waals surface area contributed by atoms with Crippen molar-refractivity contribution in [3.8, 4) is 5.75 Å². The topological polar surface area (TPSA) is 50.7 Å². The van der Waals surface area contributed by atoms with Crippen molar-refractivity contribution in [1.29, 1.82) is 0 Å². The third-order valence-electron chi connectivity index (χ3n) is 3.67. The van der Waals surface area contributed by atoms with E-state index in [9.17, 15) is 4.79 Å². The molecule has 0 aliphatic rings. The molecule has 0 saturated heterocycles. The van der Waals surface area contributed by atoms with E-state index in [2.05, 4.69) is 10.5 Å². The highest BCUT2D eigenvalue weighted by molar-refractivity contribution is 5.99. The Bertz CT molecular complexity index is 882. The summed E-state index contributed by atoms with van der Waals surface area (Å²) in [6.07, 6.45) is 1.65. The Balaban J connectivity index is 1.59. The van der Waals surface area contributed by atoms with E-state index in [1.165, 1.54) is 0 Å². The van der Waals surface area contributed by atoms with Crippen LogP contribution in [0.3, 0.4) is 0 Å². The summed E-state index contributed by atoms with van der Waals surface area (Å²) >= 11 is 0. The van der Waals surface area contributed by atoms with Crippen LogP contribution in [0.1, 0.15) is 11.1 Å². The van der Waals surface area contributed by atoms with Crippen molar-refractivity contribution < 1.29 is 9.53 Å². The van der Waals surface area contributed by atoms with Gasteiger partial charge < -0.3 is 4.74 Å². The average molecular weight is 318 g/mol. The van der Waals surface area contributed by atoms with Crippen LogP contribution in [0.2, 0.25) is 0 Å². The van der Waals surface area contributed by atoms with Gasteiger partial charge in [0.15, 0.2) is 6.61 Å². The van der Waals surface area contributed by atoms with Crippen molar-refractivity contribution >= 4 is 22.9 Å². The molecule has 4 nitrogen and oxygen atoms in total. The number of para-hydroxylation sites is 1. The highest BCUT2D eigenvalue weighted by atomic mass is 16.5. The second-order valence-electron chi connectivity index (χ2n) is 5.42. The van der Waals surface area contributed by atoms with Crippen molar-refractivity contribution in [2.24, 2.45) is 5.10 Å². The summed E-state index contributed by atoms with van der Waals surface area (Å²) in [5, 5.41) is 6.25. The standard InChI is InChI=1S/C20H18N2O2/c1-15-7-2-5-12-19(15)24-14-20(23)22-21-13-17-10-6-9-16-8-3-4-11-18(16)17/h2-13H,14H2,1H3,(H,22,23)/b21-13+. The summed E-state index contributed by atoms with van der Waals surface area (Å²) in [6, 6.07) is 21.6. The number of ether oxygens (including phenoxy) is 1. The Kier molecular flexibility index (Phi) is 4.87. The molecule has 0 saturated carbocycles. The maximum atomic E-state index is 11.8. The first kappa shape index (κ1) is 15.7. The number of hydrogen-bond donors (Lipinski definition) is 1. The average Bonchev–Trinajstić information content (AvgIpc) is 2.61. The van der Waals surface area contributed by atoms with Gasteiger partial charge in [0.25, 0.3) is 5.91 Å². The number of carbonyl (C=O) groups is 1. The number of nitrogens with one attached hydrogen (secondary N) is 1. The van der Waals surface area contributed by atoms with Crippen molar-refractivity contribution in [2.45, 2.75) is 6.92 Å². The maximum Gasteiger partial charge on any atom is 0.277 e. The van der Waals surface area contributed by atoms with Crippen LogP contribution in [0, 0.1) is 6.92 Å². The molecule has 0 fully saturated rings. The Hall–Kier alpha value is -3.14. The number of carbonyl (C=O) groups excluding carboxylic acids is 1. The number of nitrogens with zero attached hydrogens (tertiary/aromatic N) is 1. The van der Waals surface area contributed by atoms with Crippen LogP contribution in [0.25, 0.3) is 10.8 Å². The molecule has 0 aliphatic heterocycles. The number of hydrogen-bond acceptors (Lipinski definition) is 3. The molecule has 0 aliphatic carbocycles. The second kappa shape index (κ2) is 7.42. The van der Waals surface area contributed by atoms with Crippen LogP contribution in [-0.4, -0.2) is 18.7 Å². The van der Waals surface area contributed by atoms with Gasteiger partial charge >= 0.3 is 0 Å². The minimum Gasteiger partial charge on any atom is -0.483 e. The van der Waals surface area contributed by atoms with Crippen molar-refractivity contribution in [2.75, 3.05) is 6.61 Å². The molecule has 24 heavy (non-hydrogen) atoms. The first-order chi connectivity index (χ1) is 11.7. The Morgan fingerprint density at radius 2 is 1.79 bits per heavy atom. The predicted octanol–water partition coefficient (Wildman–Crippen LogP) is 3.68. The number of rotatable bonds is 5. The molecule has 0 radical (unpaired) electrons. The number of fused-ring (bicyclic) bond motifs is 1. The summed E-state index contributed by atoms with van der Waals surface area (Å²) in [4.78, 5) is 11.8. The van der Waals surface area contributed by atoms with E-state index in [1.807, 2.05) is 73.7 Å². The highest BCUT2D eigenvalue weighted by Crippen LogP contribution is 2.17. The minimum atomic E-state index is -0.297. The summed E-state index contributed by atoms with van der Waals surface area (Å²) in [7, 11) is 0. The normalized spacial score (nSPS) is 10.9. The fourth-order valence-electron chi connectivity index (χ4n) is 2.43. The SMILES string of the molecule is Cc1ccccc1OCC(=O)N/N=C/c1cccc2ccccc12. The third kappa shape index (κ3) is 3.79. The summed E-state index contributed by atoms with van der Waals surface area (Å²) in [5.41, 5.74) is 4.43. The van der Waals surface area contributed by atoms with Gasteiger partial charge in [0.1, 0.15) is 5.75 Å². The van der Waals surface area contributed by atoms with E-state index < -0.39 is 0 Å². The molecule has 0 unspecified atom stereocenters. The van der Waals surface area contributed by atoms with Crippen LogP contribution in [-0.2, 0) is 4.79 Å². The molecule has 1 amide bonds. The van der Waals surface area contributed by atoms with Gasteiger partial charge in [0, 0.05) is 5.56 Å². The smallest absolute Gasteiger partial charge is 0.277 e. The molecule has 3 rings (SSSR count). The van der Waals surface area contributed by atoms with Gasteiger partial charge in [-0.2, -0.15) is 5.10 Å². The lowest BCUT2D eigenvalue weighted by atomic mass is 10.1. The third-order valence-corrected chi connectivity index (χ3v) is 3.67. The Morgan fingerprint density at radius 1 is 1.04 bits per heavy atom. The van der Waals surface area contributed by atoms with E-state index in [1.54, 1.807) is 6.21 Å². The molecule has 3 aromatic rings. The molecule has 3 aromatic carbocycles. The first-order valence-corrected chi connectivity index (χ1v) is 7.72. The van der Waals surface area contributed by atoms with Crippen molar-refractivity contribution in [3.63, 3.8) is 0 Å². The fourth-order valence-corrected chi connectivity index (χ4v) is 2.43. The molecular weight excluding hydrogens is 300 g/mol. The number of aryl methyl sites for hydroxylation is 1. The highest BCUT2D eigenvalue weighted by Gasteiger charge is 2.03. The molecule has 0 bridgehead atoms. The zero-order chi connectivity index (χ0) is 16.8. The number of benzene rings is 3. The van der Waals surface area contributed by atoms with E-state index in [0.29, 0.717) is 5.75 Å². The summed E-state index contributed by atoms with van der Waals surface area (Å²) in [6.45, 7) is 1.86. The predicted molar refractivity (Wildman–Crippen MR) is 96.4 cm³/mol. The van der Waals surface area contributed by atoms with Crippen molar-refractivity contribution in [1.82, 2.24) is 5.43 Å². The quantitative estimate of drug-likeness (QED) is 0.576. The molecule has 120 valence electrons. The number of hydrazone groups is 1. The zero-order valence-electron chi connectivity index (χ0n) is 13.4. The van der Waals surface area contributed by atoms with Crippen molar-refractivity contribution in [3.05, 3.63) is 77.9 Å². The lowest BCUT2D eigenvalue weighted by molar-refractivity contribution is -0.123. The summed E-state index contributed by atoms with van der Waals surface area (Å²) in [5.74, 6) is 0.403. The molecule has 0 heterocycles. The van der Waals surface area contributed by atoms with Gasteiger partial charge in [-0.05, 0) is 29.3 Å². The largest absolute Gasteiger partial charge is 0.483 e. The van der Waals surface area contributed by atoms with E-state index in [0.717, 1.165) is 21.9 Å².